The topological polar surface area (TPSA) is 49.4 Å². The molecule has 1 atom stereocenters. The molecule has 3 aromatic rings. The monoisotopic (exact) mass is 490 g/mol. The summed E-state index contributed by atoms with van der Waals surface area (Å²) in [5.74, 6) is -0.162. The third-order valence-corrected chi connectivity index (χ3v) is 6.33. The highest BCUT2D eigenvalue weighted by Gasteiger charge is 2.30. The van der Waals surface area contributed by atoms with Crippen LogP contribution in [0.2, 0.25) is 5.02 Å². The number of carbonyl (C=O) groups is 2. The number of halogens is 1. The lowest BCUT2D eigenvalue weighted by Crippen LogP contribution is -2.50. The second-order valence-corrected chi connectivity index (χ2v) is 9.42. The zero-order chi connectivity index (χ0) is 25.0. The van der Waals surface area contributed by atoms with Gasteiger partial charge in [-0.3, -0.25) is 9.59 Å². The number of hydrogen-bond acceptors (Lipinski definition) is 2. The molecule has 0 radical (unpaired) electrons. The second-order valence-electron chi connectivity index (χ2n) is 8.99. The molecule has 3 aromatic carbocycles. The Morgan fingerprint density at radius 1 is 0.914 bits per heavy atom. The molecule has 1 N–H and O–H groups in total. The standard InChI is InChI=1S/C30H35ClN2O2/c1-3-4-19-32-30(35)28(21-25-9-6-5-7-10-25)33(22-26-11-8-12-27(31)20-26)29(34)18-17-24-15-13-23(2)14-16-24/h5-16,20,28H,3-4,17-19,21-22H2,1-2H3,(H,32,35)/t28-/m1/s1. The Labute approximate surface area is 214 Å². The summed E-state index contributed by atoms with van der Waals surface area (Å²) < 4.78 is 0. The van der Waals surface area contributed by atoms with Gasteiger partial charge in [-0.25, -0.2) is 0 Å². The van der Waals surface area contributed by atoms with Gasteiger partial charge in [0.25, 0.3) is 0 Å². The van der Waals surface area contributed by atoms with Gasteiger partial charge in [0.15, 0.2) is 0 Å². The summed E-state index contributed by atoms with van der Waals surface area (Å²) in [6, 6.07) is 25.0. The van der Waals surface area contributed by atoms with E-state index in [1.807, 2.05) is 61.5 Å². The maximum absolute atomic E-state index is 13.7. The van der Waals surface area contributed by atoms with Gasteiger partial charge in [-0.2, -0.15) is 0 Å². The molecule has 2 amide bonds. The number of rotatable bonds is 12. The van der Waals surface area contributed by atoms with Gasteiger partial charge in [0.1, 0.15) is 6.04 Å². The van der Waals surface area contributed by atoms with Crippen LogP contribution in [0.1, 0.15) is 48.4 Å². The molecule has 0 fully saturated rings. The predicted molar refractivity (Wildman–Crippen MR) is 143 cm³/mol. The number of amides is 2. The maximum atomic E-state index is 13.7. The molecular formula is C30H35ClN2O2. The van der Waals surface area contributed by atoms with Gasteiger partial charge < -0.3 is 10.2 Å². The summed E-state index contributed by atoms with van der Waals surface area (Å²) in [6.07, 6.45) is 3.30. The van der Waals surface area contributed by atoms with Crippen molar-refractivity contribution in [3.05, 3.63) is 106 Å². The Morgan fingerprint density at radius 2 is 1.63 bits per heavy atom. The molecule has 184 valence electrons. The maximum Gasteiger partial charge on any atom is 0.243 e. The smallest absolute Gasteiger partial charge is 0.243 e. The van der Waals surface area contributed by atoms with Crippen molar-refractivity contribution in [1.82, 2.24) is 10.2 Å². The third kappa shape index (κ3) is 8.56. The molecule has 0 heterocycles. The van der Waals surface area contributed by atoms with Crippen LogP contribution in [0.15, 0.2) is 78.9 Å². The SMILES string of the molecule is CCCCNC(=O)[C@@H](Cc1ccccc1)N(Cc1cccc(Cl)c1)C(=O)CCc1ccc(C)cc1. The Balaban J connectivity index is 1.87. The zero-order valence-corrected chi connectivity index (χ0v) is 21.4. The summed E-state index contributed by atoms with van der Waals surface area (Å²) in [4.78, 5) is 28.8. The molecule has 0 aliphatic carbocycles. The Morgan fingerprint density at radius 3 is 2.31 bits per heavy atom. The fraction of sp³-hybridized carbons (Fsp3) is 0.333. The van der Waals surface area contributed by atoms with Gasteiger partial charge in [0.05, 0.1) is 0 Å². The molecule has 0 aliphatic rings. The van der Waals surface area contributed by atoms with E-state index in [2.05, 4.69) is 36.5 Å². The third-order valence-electron chi connectivity index (χ3n) is 6.09. The molecular weight excluding hydrogens is 456 g/mol. The van der Waals surface area contributed by atoms with Crippen molar-refractivity contribution in [2.24, 2.45) is 0 Å². The van der Waals surface area contributed by atoms with Crippen molar-refractivity contribution in [2.75, 3.05) is 6.54 Å². The first-order valence-corrected chi connectivity index (χ1v) is 12.7. The average Bonchev–Trinajstić information content (AvgIpc) is 2.86. The minimum atomic E-state index is -0.612. The molecule has 0 saturated carbocycles. The van der Waals surface area contributed by atoms with E-state index in [0.29, 0.717) is 37.4 Å². The number of nitrogens with zero attached hydrogens (tertiary/aromatic N) is 1. The summed E-state index contributed by atoms with van der Waals surface area (Å²) in [6.45, 7) is 5.07. The number of nitrogens with one attached hydrogen (secondary N) is 1. The molecule has 0 spiro atoms. The number of benzene rings is 3. The van der Waals surface area contributed by atoms with Crippen LogP contribution >= 0.6 is 11.6 Å². The Kier molecular flexibility index (Phi) is 10.4. The van der Waals surface area contributed by atoms with Crippen LogP contribution in [-0.4, -0.2) is 29.3 Å². The van der Waals surface area contributed by atoms with Crippen molar-refractivity contribution in [1.29, 1.82) is 0 Å². The molecule has 0 saturated heterocycles. The summed E-state index contributed by atoms with van der Waals surface area (Å²) in [5.41, 5.74) is 4.22. The normalized spacial score (nSPS) is 11.6. The van der Waals surface area contributed by atoms with E-state index in [4.69, 9.17) is 11.6 Å². The quantitative estimate of drug-likeness (QED) is 0.310. The molecule has 0 aliphatic heterocycles. The van der Waals surface area contributed by atoms with E-state index in [9.17, 15) is 9.59 Å². The summed E-state index contributed by atoms with van der Waals surface area (Å²) >= 11 is 6.24. The van der Waals surface area contributed by atoms with Crippen LogP contribution in [0.3, 0.4) is 0 Å². The molecule has 5 heteroatoms. The number of unbranched alkanes of at least 4 members (excludes halogenated alkanes) is 1. The zero-order valence-electron chi connectivity index (χ0n) is 20.7. The van der Waals surface area contributed by atoms with Gasteiger partial charge >= 0.3 is 0 Å². The van der Waals surface area contributed by atoms with E-state index in [0.717, 1.165) is 29.5 Å². The minimum Gasteiger partial charge on any atom is -0.354 e. The van der Waals surface area contributed by atoms with E-state index in [1.165, 1.54) is 5.56 Å². The van der Waals surface area contributed by atoms with Crippen LogP contribution in [0.4, 0.5) is 0 Å². The second kappa shape index (κ2) is 13.7. The van der Waals surface area contributed by atoms with Gasteiger partial charge in [0, 0.05) is 31.0 Å². The lowest BCUT2D eigenvalue weighted by molar-refractivity contribution is -0.141. The van der Waals surface area contributed by atoms with Crippen molar-refractivity contribution >= 4 is 23.4 Å². The van der Waals surface area contributed by atoms with Gasteiger partial charge in [-0.1, -0.05) is 97.2 Å². The molecule has 0 aromatic heterocycles. The fourth-order valence-electron chi connectivity index (χ4n) is 4.04. The van der Waals surface area contributed by atoms with Crippen LogP contribution < -0.4 is 5.32 Å². The first-order valence-electron chi connectivity index (χ1n) is 12.4. The van der Waals surface area contributed by atoms with Crippen molar-refractivity contribution < 1.29 is 9.59 Å². The van der Waals surface area contributed by atoms with Crippen LogP contribution in [0, 0.1) is 6.92 Å². The van der Waals surface area contributed by atoms with Crippen molar-refractivity contribution in [3.8, 4) is 0 Å². The first kappa shape index (κ1) is 26.5. The molecule has 0 bridgehead atoms. The highest BCUT2D eigenvalue weighted by Crippen LogP contribution is 2.19. The van der Waals surface area contributed by atoms with Crippen LogP contribution in [-0.2, 0) is 29.0 Å². The molecule has 0 unspecified atom stereocenters. The number of aryl methyl sites for hydroxylation is 2. The molecule has 4 nitrogen and oxygen atoms in total. The lowest BCUT2D eigenvalue weighted by Gasteiger charge is -2.32. The number of carbonyl (C=O) groups excluding carboxylic acids is 2. The summed E-state index contributed by atoms with van der Waals surface area (Å²) in [5, 5.41) is 3.67. The van der Waals surface area contributed by atoms with E-state index in [-0.39, 0.29) is 11.8 Å². The predicted octanol–water partition coefficient (Wildman–Crippen LogP) is 6.14. The largest absolute Gasteiger partial charge is 0.354 e. The Hall–Kier alpha value is -3.11. The highest BCUT2D eigenvalue weighted by molar-refractivity contribution is 6.30. The van der Waals surface area contributed by atoms with Gasteiger partial charge in [-0.15, -0.1) is 0 Å². The average molecular weight is 491 g/mol. The minimum absolute atomic E-state index is 0.0443. The van der Waals surface area contributed by atoms with Crippen molar-refractivity contribution in [3.63, 3.8) is 0 Å². The van der Waals surface area contributed by atoms with E-state index >= 15 is 0 Å². The van der Waals surface area contributed by atoms with Crippen LogP contribution in [0.25, 0.3) is 0 Å². The van der Waals surface area contributed by atoms with E-state index < -0.39 is 6.04 Å². The fourth-order valence-corrected chi connectivity index (χ4v) is 4.25. The number of hydrogen-bond donors (Lipinski definition) is 1. The summed E-state index contributed by atoms with van der Waals surface area (Å²) in [7, 11) is 0. The molecule has 35 heavy (non-hydrogen) atoms. The van der Waals surface area contributed by atoms with Gasteiger partial charge in [-0.05, 0) is 48.6 Å². The Bertz CT molecular complexity index is 1080. The lowest BCUT2D eigenvalue weighted by atomic mass is 10.0. The van der Waals surface area contributed by atoms with Crippen molar-refractivity contribution in [2.45, 2.75) is 58.5 Å². The molecule has 3 rings (SSSR count). The highest BCUT2D eigenvalue weighted by atomic mass is 35.5. The first-order chi connectivity index (χ1) is 17.0. The van der Waals surface area contributed by atoms with Crippen LogP contribution in [0.5, 0.6) is 0 Å². The van der Waals surface area contributed by atoms with Gasteiger partial charge in [0.2, 0.25) is 11.8 Å². The van der Waals surface area contributed by atoms with E-state index in [1.54, 1.807) is 4.90 Å².